The van der Waals surface area contributed by atoms with Crippen LogP contribution in [-0.2, 0) is 4.79 Å². The van der Waals surface area contributed by atoms with Crippen molar-refractivity contribution in [1.82, 2.24) is 14.9 Å². The third-order valence-corrected chi connectivity index (χ3v) is 7.37. The number of anilines is 2. The number of amides is 1. The van der Waals surface area contributed by atoms with Crippen molar-refractivity contribution in [2.45, 2.75) is 12.1 Å². The van der Waals surface area contributed by atoms with Gasteiger partial charge >= 0.3 is 0 Å². The van der Waals surface area contributed by atoms with E-state index in [9.17, 15) is 4.79 Å². The van der Waals surface area contributed by atoms with E-state index in [0.29, 0.717) is 16.5 Å². The van der Waals surface area contributed by atoms with Gasteiger partial charge in [-0.25, -0.2) is 0 Å². The molecule has 5 aromatic rings. The van der Waals surface area contributed by atoms with Gasteiger partial charge in [0.15, 0.2) is 11.7 Å². The number of benzene rings is 3. The van der Waals surface area contributed by atoms with Gasteiger partial charge in [0.05, 0.1) is 18.8 Å². The molecule has 2 atom stereocenters. The van der Waals surface area contributed by atoms with Crippen molar-refractivity contribution in [3.63, 3.8) is 0 Å². The van der Waals surface area contributed by atoms with Gasteiger partial charge in [-0.15, -0.1) is 0 Å². The van der Waals surface area contributed by atoms with E-state index in [2.05, 4.69) is 31.2 Å². The van der Waals surface area contributed by atoms with Gasteiger partial charge in [-0.3, -0.25) is 9.78 Å². The molecule has 0 spiro atoms. The summed E-state index contributed by atoms with van der Waals surface area (Å²) in [6.45, 7) is -0.0824. The Balaban J connectivity index is 1.29. The van der Waals surface area contributed by atoms with E-state index in [1.54, 1.807) is 13.3 Å². The van der Waals surface area contributed by atoms with Gasteiger partial charge in [-0.05, 0) is 85.0 Å². The number of methoxy groups -OCH3 is 1. The second kappa shape index (κ2) is 12.2. The molecular weight excluding hydrogens is 546 g/mol. The molecule has 0 saturated carbocycles. The molecule has 1 amide bonds. The van der Waals surface area contributed by atoms with Gasteiger partial charge in [0.25, 0.3) is 5.91 Å². The molecule has 2 aromatic heterocycles. The minimum absolute atomic E-state index is 0.0824. The average molecular weight is 576 g/mol. The summed E-state index contributed by atoms with van der Waals surface area (Å²) >= 11 is 5.91. The first-order valence-corrected chi connectivity index (χ1v) is 13.9. The second-order valence-electron chi connectivity index (χ2n) is 9.70. The molecule has 1 saturated heterocycles. The van der Waals surface area contributed by atoms with Crippen LogP contribution in [0, 0.1) is 0 Å². The van der Waals surface area contributed by atoms with Crippen molar-refractivity contribution in [2.24, 2.45) is 0 Å². The van der Waals surface area contributed by atoms with Crippen LogP contribution < -0.4 is 25.0 Å². The quantitative estimate of drug-likeness (QED) is 0.206. The Kier molecular flexibility index (Phi) is 7.83. The highest BCUT2D eigenvalue weighted by molar-refractivity contribution is 7.80. The molecule has 9 heteroatoms. The van der Waals surface area contributed by atoms with E-state index >= 15 is 0 Å². The molecule has 1 fully saturated rings. The van der Waals surface area contributed by atoms with Crippen LogP contribution in [0.15, 0.2) is 122 Å². The van der Waals surface area contributed by atoms with Crippen molar-refractivity contribution < 1.29 is 14.3 Å². The van der Waals surface area contributed by atoms with Gasteiger partial charge < -0.3 is 29.6 Å². The van der Waals surface area contributed by atoms with E-state index < -0.39 is 0 Å². The molecule has 1 aliphatic rings. The highest BCUT2D eigenvalue weighted by Crippen LogP contribution is 2.42. The van der Waals surface area contributed by atoms with Gasteiger partial charge in [0.1, 0.15) is 17.5 Å². The molecule has 1 aliphatic heterocycles. The molecule has 0 radical (unpaired) electrons. The maximum Gasteiger partial charge on any atom is 0.262 e. The number of thiocarbonyl (C=S) groups is 1. The molecule has 42 heavy (non-hydrogen) atoms. The van der Waals surface area contributed by atoms with Crippen molar-refractivity contribution in [3.8, 4) is 17.2 Å². The van der Waals surface area contributed by atoms with Crippen LogP contribution in [-0.4, -0.2) is 34.3 Å². The van der Waals surface area contributed by atoms with E-state index in [0.717, 1.165) is 28.5 Å². The normalized spacial score (nSPS) is 16.1. The summed E-state index contributed by atoms with van der Waals surface area (Å²) in [6.07, 6.45) is 3.83. The minimum atomic E-state index is -0.242. The first-order chi connectivity index (χ1) is 20.6. The number of nitrogens with zero attached hydrogens (tertiary/aromatic N) is 3. The highest BCUT2D eigenvalue weighted by Gasteiger charge is 2.42. The number of rotatable bonds is 9. The van der Waals surface area contributed by atoms with Crippen molar-refractivity contribution in [3.05, 3.63) is 133 Å². The molecule has 0 bridgehead atoms. The summed E-state index contributed by atoms with van der Waals surface area (Å²) in [4.78, 5) is 19.3. The fourth-order valence-electron chi connectivity index (χ4n) is 5.13. The van der Waals surface area contributed by atoms with Crippen LogP contribution in [0.4, 0.5) is 11.4 Å². The number of pyridine rings is 1. The van der Waals surface area contributed by atoms with E-state index in [-0.39, 0.29) is 24.6 Å². The Morgan fingerprint density at radius 2 is 1.69 bits per heavy atom. The Hall–Kier alpha value is -5.15. The first kappa shape index (κ1) is 27.0. The Labute approximate surface area is 249 Å². The van der Waals surface area contributed by atoms with E-state index in [1.165, 1.54) is 0 Å². The van der Waals surface area contributed by atoms with Crippen molar-refractivity contribution in [2.75, 3.05) is 23.9 Å². The Morgan fingerprint density at radius 3 is 2.45 bits per heavy atom. The minimum Gasteiger partial charge on any atom is -0.497 e. The molecule has 0 unspecified atom stereocenters. The van der Waals surface area contributed by atoms with Crippen LogP contribution in [0.2, 0.25) is 0 Å². The molecule has 2 N–H and O–H groups in total. The number of aromatic nitrogens is 2. The molecule has 6 rings (SSSR count). The lowest BCUT2D eigenvalue weighted by Gasteiger charge is -2.29. The molecule has 210 valence electrons. The van der Waals surface area contributed by atoms with Crippen LogP contribution >= 0.6 is 12.2 Å². The molecule has 3 aromatic carbocycles. The fraction of sp³-hybridized carbons (Fsp3) is 0.121. The third kappa shape index (κ3) is 5.68. The standard InChI is InChI=1S/C33H29N5O3S/c1-40-27-12-7-9-25(21-27)37-20-8-14-29(37)32-31(28-13-5-6-19-34-28)36-33(42)38(32)24-17-15-23(16-18-24)35-30(39)22-41-26-10-3-2-4-11-26/h2-21,31-32H,22H2,1H3,(H,35,39)(H,36,42)/t31-,32+/m1/s1. The summed E-state index contributed by atoms with van der Waals surface area (Å²) in [5.41, 5.74) is 4.43. The highest BCUT2D eigenvalue weighted by atomic mass is 32.1. The lowest BCUT2D eigenvalue weighted by Crippen LogP contribution is -2.30. The van der Waals surface area contributed by atoms with Crippen molar-refractivity contribution >= 4 is 34.6 Å². The Morgan fingerprint density at radius 1 is 0.905 bits per heavy atom. The number of hydrogen-bond acceptors (Lipinski definition) is 5. The van der Waals surface area contributed by atoms with Gasteiger partial charge in [0, 0.05) is 41.2 Å². The van der Waals surface area contributed by atoms with Gasteiger partial charge in [-0.2, -0.15) is 0 Å². The number of nitrogens with one attached hydrogen (secondary N) is 2. The van der Waals surface area contributed by atoms with E-state index in [4.69, 9.17) is 21.7 Å². The average Bonchev–Trinajstić information content (AvgIpc) is 3.66. The van der Waals surface area contributed by atoms with Gasteiger partial charge in [-0.1, -0.05) is 30.3 Å². The zero-order valence-corrected chi connectivity index (χ0v) is 23.7. The van der Waals surface area contributed by atoms with Crippen LogP contribution in [0.1, 0.15) is 23.5 Å². The van der Waals surface area contributed by atoms with Crippen LogP contribution in [0.5, 0.6) is 11.5 Å². The zero-order valence-electron chi connectivity index (χ0n) is 22.9. The lowest BCUT2D eigenvalue weighted by molar-refractivity contribution is -0.118. The van der Waals surface area contributed by atoms with E-state index in [1.807, 2.05) is 109 Å². The predicted molar refractivity (Wildman–Crippen MR) is 167 cm³/mol. The monoisotopic (exact) mass is 575 g/mol. The third-order valence-electron chi connectivity index (χ3n) is 7.06. The number of carbonyl (C=O) groups is 1. The lowest BCUT2D eigenvalue weighted by atomic mass is 10.0. The number of ether oxygens (including phenoxy) is 2. The zero-order chi connectivity index (χ0) is 28.9. The summed E-state index contributed by atoms with van der Waals surface area (Å²) in [6, 6.07) is 34.4. The molecule has 0 aliphatic carbocycles. The Bertz CT molecular complexity index is 1680. The summed E-state index contributed by atoms with van der Waals surface area (Å²) in [5, 5.41) is 6.99. The predicted octanol–water partition coefficient (Wildman–Crippen LogP) is 6.08. The SMILES string of the molecule is COc1cccc(-n2cccc2[C@H]2[C@@H](c3ccccn3)NC(=S)N2c2ccc(NC(=O)COc3ccccc3)cc2)c1. The fourth-order valence-corrected chi connectivity index (χ4v) is 5.48. The molecular formula is C33H29N5O3S. The molecule has 8 nitrogen and oxygen atoms in total. The summed E-state index contributed by atoms with van der Waals surface area (Å²) in [7, 11) is 1.66. The maximum absolute atomic E-state index is 12.5. The topological polar surface area (TPSA) is 80.7 Å². The van der Waals surface area contributed by atoms with Crippen molar-refractivity contribution in [1.29, 1.82) is 0 Å². The van der Waals surface area contributed by atoms with Crippen LogP contribution in [0.3, 0.4) is 0 Å². The molecule has 3 heterocycles. The maximum atomic E-state index is 12.5. The van der Waals surface area contributed by atoms with Crippen LogP contribution in [0.25, 0.3) is 5.69 Å². The summed E-state index contributed by atoms with van der Waals surface area (Å²) < 4.78 is 13.2. The number of para-hydroxylation sites is 1. The first-order valence-electron chi connectivity index (χ1n) is 13.5. The largest absolute Gasteiger partial charge is 0.497 e. The smallest absolute Gasteiger partial charge is 0.262 e. The number of carbonyl (C=O) groups excluding carboxylic acids is 1. The number of hydrogen-bond donors (Lipinski definition) is 2. The second-order valence-corrected chi connectivity index (χ2v) is 10.1. The summed E-state index contributed by atoms with van der Waals surface area (Å²) in [5.74, 6) is 1.18. The van der Waals surface area contributed by atoms with Gasteiger partial charge in [0.2, 0.25) is 0 Å².